The van der Waals surface area contributed by atoms with E-state index in [9.17, 15) is 8.42 Å². The fourth-order valence-corrected chi connectivity index (χ4v) is 3.34. The van der Waals surface area contributed by atoms with E-state index in [0.29, 0.717) is 10.9 Å². The van der Waals surface area contributed by atoms with Crippen molar-refractivity contribution in [2.24, 2.45) is 0 Å². The molecule has 1 heterocycles. The van der Waals surface area contributed by atoms with Crippen LogP contribution in [0.5, 0.6) is 0 Å². The van der Waals surface area contributed by atoms with Crippen LogP contribution in [0.25, 0.3) is 0 Å². The summed E-state index contributed by atoms with van der Waals surface area (Å²) in [6.07, 6.45) is 2.28. The van der Waals surface area contributed by atoms with Crippen LogP contribution < -0.4 is 10.2 Å². The molecule has 0 aromatic heterocycles. The molecule has 1 fully saturated rings. The van der Waals surface area contributed by atoms with E-state index in [1.807, 2.05) is 12.1 Å². The van der Waals surface area contributed by atoms with Crippen LogP contribution in [0.1, 0.15) is 13.3 Å². The Morgan fingerprint density at radius 2 is 2.11 bits per heavy atom. The Morgan fingerprint density at radius 3 is 2.78 bits per heavy atom. The van der Waals surface area contributed by atoms with Crippen molar-refractivity contribution in [2.75, 3.05) is 30.8 Å². The van der Waals surface area contributed by atoms with Crippen LogP contribution in [-0.4, -0.2) is 40.3 Å². The number of hydrogen-bond acceptors (Lipinski definition) is 4. The highest BCUT2D eigenvalue weighted by atomic mass is 32.2. The van der Waals surface area contributed by atoms with Crippen molar-refractivity contribution in [2.45, 2.75) is 24.3 Å². The lowest BCUT2D eigenvalue weighted by Crippen LogP contribution is -2.51. The van der Waals surface area contributed by atoms with Gasteiger partial charge in [0.1, 0.15) is 0 Å². The zero-order valence-corrected chi connectivity index (χ0v) is 11.7. The number of anilines is 1. The number of nitrogens with zero attached hydrogens (tertiary/aromatic N) is 1. The summed E-state index contributed by atoms with van der Waals surface area (Å²) in [5.41, 5.74) is 0.841. The fraction of sp³-hybridized carbons (Fsp3) is 0.538. The second-order valence-electron chi connectivity index (χ2n) is 4.70. The van der Waals surface area contributed by atoms with Crippen molar-refractivity contribution in [3.05, 3.63) is 24.3 Å². The molecule has 0 spiro atoms. The topological polar surface area (TPSA) is 49.4 Å². The summed E-state index contributed by atoms with van der Waals surface area (Å²) in [4.78, 5) is 2.65. The molecule has 0 radical (unpaired) electrons. The van der Waals surface area contributed by atoms with Crippen molar-refractivity contribution in [3.8, 4) is 0 Å². The summed E-state index contributed by atoms with van der Waals surface area (Å²) in [5.74, 6) is 0. The van der Waals surface area contributed by atoms with Crippen molar-refractivity contribution in [1.29, 1.82) is 0 Å². The van der Waals surface area contributed by atoms with Gasteiger partial charge in [0.15, 0.2) is 9.84 Å². The van der Waals surface area contributed by atoms with Gasteiger partial charge in [-0.15, -0.1) is 0 Å². The first kappa shape index (κ1) is 13.4. The molecule has 1 saturated heterocycles. The lowest BCUT2D eigenvalue weighted by Gasteiger charge is -2.38. The first-order valence-corrected chi connectivity index (χ1v) is 8.19. The molecule has 5 heteroatoms. The van der Waals surface area contributed by atoms with Gasteiger partial charge >= 0.3 is 0 Å². The predicted molar refractivity (Wildman–Crippen MR) is 73.8 cm³/mol. The molecule has 0 aliphatic carbocycles. The molecular formula is C13H20N2O2S. The molecule has 1 N–H and O–H groups in total. The summed E-state index contributed by atoms with van der Waals surface area (Å²) in [5, 5.41) is 3.35. The van der Waals surface area contributed by atoms with Crippen LogP contribution in [0.15, 0.2) is 29.2 Å². The van der Waals surface area contributed by atoms with Crippen molar-refractivity contribution in [1.82, 2.24) is 5.32 Å². The van der Waals surface area contributed by atoms with Gasteiger partial charge in [0.05, 0.1) is 10.6 Å². The Bertz CT molecular complexity index is 513. The smallest absolute Gasteiger partial charge is 0.177 e. The van der Waals surface area contributed by atoms with Gasteiger partial charge in [-0.25, -0.2) is 8.42 Å². The van der Waals surface area contributed by atoms with Crippen molar-refractivity contribution >= 4 is 15.5 Å². The number of nitrogens with one attached hydrogen (secondary N) is 1. The second kappa shape index (κ2) is 5.28. The maximum atomic E-state index is 11.8. The van der Waals surface area contributed by atoms with E-state index in [2.05, 4.69) is 17.1 Å². The van der Waals surface area contributed by atoms with E-state index in [-0.39, 0.29) is 0 Å². The number of rotatable bonds is 3. The van der Waals surface area contributed by atoms with Gasteiger partial charge in [0.25, 0.3) is 0 Å². The fourth-order valence-electron chi connectivity index (χ4n) is 2.45. The SMILES string of the molecule is CCC1CNCCN1c1ccccc1S(C)(=O)=O. The maximum Gasteiger partial charge on any atom is 0.177 e. The van der Waals surface area contributed by atoms with E-state index in [4.69, 9.17) is 0 Å². The Labute approximate surface area is 109 Å². The van der Waals surface area contributed by atoms with Crippen molar-refractivity contribution < 1.29 is 8.42 Å². The zero-order valence-electron chi connectivity index (χ0n) is 10.9. The minimum atomic E-state index is -3.18. The molecular weight excluding hydrogens is 248 g/mol. The quantitative estimate of drug-likeness (QED) is 0.897. The molecule has 0 saturated carbocycles. The molecule has 2 rings (SSSR count). The van der Waals surface area contributed by atoms with Gasteiger partial charge < -0.3 is 10.2 Å². The number of sulfone groups is 1. The summed E-state index contributed by atoms with van der Waals surface area (Å²) in [7, 11) is -3.18. The molecule has 1 aromatic rings. The minimum Gasteiger partial charge on any atom is -0.365 e. The Hall–Kier alpha value is -1.07. The third-order valence-corrected chi connectivity index (χ3v) is 4.54. The molecule has 1 unspecified atom stereocenters. The molecule has 4 nitrogen and oxygen atoms in total. The minimum absolute atomic E-state index is 0.363. The van der Waals surface area contributed by atoms with E-state index >= 15 is 0 Å². The average molecular weight is 268 g/mol. The Balaban J connectivity index is 2.43. The van der Waals surface area contributed by atoms with Gasteiger partial charge in [0.2, 0.25) is 0 Å². The Morgan fingerprint density at radius 1 is 1.39 bits per heavy atom. The monoisotopic (exact) mass is 268 g/mol. The largest absolute Gasteiger partial charge is 0.365 e. The zero-order chi connectivity index (χ0) is 13.2. The molecule has 1 aliphatic rings. The van der Waals surface area contributed by atoms with Crippen LogP contribution in [0.2, 0.25) is 0 Å². The van der Waals surface area contributed by atoms with Gasteiger partial charge in [-0.2, -0.15) is 0 Å². The number of benzene rings is 1. The van der Waals surface area contributed by atoms with Crippen LogP contribution in [0.3, 0.4) is 0 Å². The van der Waals surface area contributed by atoms with Crippen LogP contribution in [0.4, 0.5) is 5.69 Å². The maximum absolute atomic E-state index is 11.8. The van der Waals surface area contributed by atoms with Crippen molar-refractivity contribution in [3.63, 3.8) is 0 Å². The number of para-hydroxylation sites is 1. The molecule has 18 heavy (non-hydrogen) atoms. The summed E-state index contributed by atoms with van der Waals surface area (Å²) in [6.45, 7) is 4.79. The average Bonchev–Trinajstić information content (AvgIpc) is 2.37. The van der Waals surface area contributed by atoms with E-state index in [1.54, 1.807) is 12.1 Å². The summed E-state index contributed by atoms with van der Waals surface area (Å²) in [6, 6.07) is 7.65. The third-order valence-electron chi connectivity index (χ3n) is 3.40. The number of piperazine rings is 1. The van der Waals surface area contributed by atoms with E-state index in [1.165, 1.54) is 6.26 Å². The van der Waals surface area contributed by atoms with Crippen LogP contribution in [-0.2, 0) is 9.84 Å². The normalized spacial score (nSPS) is 21.0. The third kappa shape index (κ3) is 2.67. The first-order valence-electron chi connectivity index (χ1n) is 6.30. The van der Waals surface area contributed by atoms with Gasteiger partial charge in [0, 0.05) is 31.9 Å². The molecule has 0 amide bonds. The number of hydrogen-bond donors (Lipinski definition) is 1. The molecule has 1 aliphatic heterocycles. The predicted octanol–water partition coefficient (Wildman–Crippen LogP) is 1.28. The van der Waals surface area contributed by atoms with Gasteiger partial charge in [-0.3, -0.25) is 0 Å². The van der Waals surface area contributed by atoms with E-state index < -0.39 is 9.84 Å². The first-order chi connectivity index (χ1) is 8.54. The van der Waals surface area contributed by atoms with Crippen LogP contribution >= 0.6 is 0 Å². The standard InChI is InChI=1S/C13H20N2O2S/c1-3-11-10-14-8-9-15(11)12-6-4-5-7-13(12)18(2,16)17/h4-7,11,14H,3,8-10H2,1-2H3. The lowest BCUT2D eigenvalue weighted by atomic mass is 10.1. The second-order valence-corrected chi connectivity index (χ2v) is 6.68. The molecule has 0 bridgehead atoms. The molecule has 100 valence electrons. The molecule has 1 aromatic carbocycles. The lowest BCUT2D eigenvalue weighted by molar-refractivity contribution is 0.464. The van der Waals surface area contributed by atoms with Gasteiger partial charge in [-0.05, 0) is 18.6 Å². The Kier molecular flexibility index (Phi) is 3.92. The highest BCUT2D eigenvalue weighted by Crippen LogP contribution is 2.27. The highest BCUT2D eigenvalue weighted by Gasteiger charge is 2.25. The summed E-state index contributed by atoms with van der Waals surface area (Å²) < 4.78 is 23.7. The molecule has 1 atom stereocenters. The van der Waals surface area contributed by atoms with Crippen LogP contribution in [0, 0.1) is 0 Å². The van der Waals surface area contributed by atoms with Gasteiger partial charge in [-0.1, -0.05) is 19.1 Å². The highest BCUT2D eigenvalue weighted by molar-refractivity contribution is 7.90. The summed E-state index contributed by atoms with van der Waals surface area (Å²) >= 11 is 0. The van der Waals surface area contributed by atoms with E-state index in [0.717, 1.165) is 31.7 Å².